The zero-order valence-electron chi connectivity index (χ0n) is 11.4. The number of hydrogen-bond donors (Lipinski definition) is 2. The summed E-state index contributed by atoms with van der Waals surface area (Å²) in [6.45, 7) is 0. The van der Waals surface area contributed by atoms with Gasteiger partial charge in [0.2, 0.25) is 0 Å². The molecule has 2 rings (SSSR count). The number of halogens is 1. The molecule has 0 saturated carbocycles. The predicted octanol–water partition coefficient (Wildman–Crippen LogP) is 3.47. The van der Waals surface area contributed by atoms with Crippen LogP contribution in [0.1, 0.15) is 17.0 Å². The summed E-state index contributed by atoms with van der Waals surface area (Å²) in [5.74, 6) is -1.04. The highest BCUT2D eigenvalue weighted by Crippen LogP contribution is 2.28. The Morgan fingerprint density at radius 1 is 1.29 bits per heavy atom. The van der Waals surface area contributed by atoms with Crippen LogP contribution in [0.25, 0.3) is 0 Å². The highest BCUT2D eigenvalue weighted by molar-refractivity contribution is 6.32. The summed E-state index contributed by atoms with van der Waals surface area (Å²) in [4.78, 5) is 11.5. The van der Waals surface area contributed by atoms with Crippen LogP contribution in [0.3, 0.4) is 0 Å². The summed E-state index contributed by atoms with van der Waals surface area (Å²) in [5, 5.41) is 19.1. The van der Waals surface area contributed by atoms with Gasteiger partial charge in [-0.1, -0.05) is 29.8 Å². The fraction of sp³-hybridized carbons (Fsp3) is 0.188. The topological polar surface area (TPSA) is 66.8 Å². The molecule has 2 N–H and O–H groups in total. The van der Waals surface area contributed by atoms with Gasteiger partial charge in [0, 0.05) is 0 Å². The molecule has 1 atom stereocenters. The summed E-state index contributed by atoms with van der Waals surface area (Å²) >= 11 is 5.85. The van der Waals surface area contributed by atoms with Crippen molar-refractivity contribution in [2.75, 3.05) is 7.11 Å². The monoisotopic (exact) mass is 306 g/mol. The van der Waals surface area contributed by atoms with Crippen LogP contribution in [-0.4, -0.2) is 23.3 Å². The third-order valence-electron chi connectivity index (χ3n) is 3.25. The first-order valence-corrected chi connectivity index (χ1v) is 6.73. The first kappa shape index (κ1) is 15.2. The molecule has 0 amide bonds. The summed E-state index contributed by atoms with van der Waals surface area (Å²) in [6.07, 6.45) is 0.280. The van der Waals surface area contributed by atoms with Crippen LogP contribution in [0, 0.1) is 0 Å². The first-order chi connectivity index (χ1) is 10.0. The standard InChI is InChI=1S/C16H15ClO4/c1-21-12-4-2-3-11(9-12)13(16(19)20)7-10-5-6-15(18)14(17)8-10/h2-6,8-9,13,18H,7H2,1H3,(H,19,20). The minimum atomic E-state index is -0.924. The van der Waals surface area contributed by atoms with Crippen LogP contribution in [0.2, 0.25) is 5.02 Å². The minimum absolute atomic E-state index is 0.0197. The van der Waals surface area contributed by atoms with Crippen molar-refractivity contribution in [1.82, 2.24) is 0 Å². The number of phenols is 1. The molecule has 0 aliphatic carbocycles. The lowest BCUT2D eigenvalue weighted by molar-refractivity contribution is -0.138. The summed E-state index contributed by atoms with van der Waals surface area (Å²) in [6, 6.07) is 11.7. The van der Waals surface area contributed by atoms with E-state index >= 15 is 0 Å². The average molecular weight is 307 g/mol. The van der Waals surface area contributed by atoms with Gasteiger partial charge in [-0.3, -0.25) is 4.79 Å². The fourth-order valence-electron chi connectivity index (χ4n) is 2.12. The molecule has 0 saturated heterocycles. The van der Waals surface area contributed by atoms with Crippen LogP contribution < -0.4 is 4.74 Å². The van der Waals surface area contributed by atoms with Crippen molar-refractivity contribution in [2.24, 2.45) is 0 Å². The molecule has 2 aromatic carbocycles. The predicted molar refractivity (Wildman–Crippen MR) is 80.2 cm³/mol. The van der Waals surface area contributed by atoms with Gasteiger partial charge >= 0.3 is 5.97 Å². The Bertz CT molecular complexity index is 654. The third-order valence-corrected chi connectivity index (χ3v) is 3.55. The number of carboxylic acid groups (broad SMARTS) is 1. The third kappa shape index (κ3) is 3.67. The Morgan fingerprint density at radius 2 is 2.05 bits per heavy atom. The van der Waals surface area contributed by atoms with Gasteiger partial charge in [0.1, 0.15) is 11.5 Å². The molecule has 4 nitrogen and oxygen atoms in total. The van der Waals surface area contributed by atoms with Gasteiger partial charge in [0.25, 0.3) is 0 Å². The quantitative estimate of drug-likeness (QED) is 0.887. The van der Waals surface area contributed by atoms with Gasteiger partial charge in [-0.05, 0) is 41.8 Å². The normalized spacial score (nSPS) is 11.9. The summed E-state index contributed by atoms with van der Waals surface area (Å²) in [7, 11) is 1.54. The lowest BCUT2D eigenvalue weighted by Gasteiger charge is -2.14. The lowest BCUT2D eigenvalue weighted by Crippen LogP contribution is -2.14. The first-order valence-electron chi connectivity index (χ1n) is 6.35. The molecule has 0 aromatic heterocycles. The number of methoxy groups -OCH3 is 1. The molecule has 1 unspecified atom stereocenters. The van der Waals surface area contributed by atoms with Crippen molar-refractivity contribution in [3.05, 3.63) is 58.6 Å². The maximum Gasteiger partial charge on any atom is 0.311 e. The second-order valence-corrected chi connectivity index (χ2v) is 5.06. The summed E-state index contributed by atoms with van der Waals surface area (Å²) < 4.78 is 5.12. The van der Waals surface area contributed by atoms with Gasteiger partial charge in [-0.2, -0.15) is 0 Å². The highest BCUT2D eigenvalue weighted by atomic mass is 35.5. The smallest absolute Gasteiger partial charge is 0.311 e. The van der Waals surface area contributed by atoms with Crippen LogP contribution >= 0.6 is 11.6 Å². The Hall–Kier alpha value is -2.20. The van der Waals surface area contributed by atoms with Gasteiger partial charge in [-0.25, -0.2) is 0 Å². The van der Waals surface area contributed by atoms with Gasteiger partial charge in [-0.15, -0.1) is 0 Å². The van der Waals surface area contributed by atoms with Crippen molar-refractivity contribution in [3.8, 4) is 11.5 Å². The number of ether oxygens (including phenoxy) is 1. The number of rotatable bonds is 5. The van der Waals surface area contributed by atoms with Crippen molar-refractivity contribution in [3.63, 3.8) is 0 Å². The van der Waals surface area contributed by atoms with E-state index in [-0.39, 0.29) is 17.2 Å². The zero-order chi connectivity index (χ0) is 15.4. The molecule has 110 valence electrons. The van der Waals surface area contributed by atoms with Crippen LogP contribution in [0.5, 0.6) is 11.5 Å². The molecule has 2 aromatic rings. The largest absolute Gasteiger partial charge is 0.506 e. The number of hydrogen-bond acceptors (Lipinski definition) is 3. The van der Waals surface area contributed by atoms with Gasteiger partial charge in [0.15, 0.2) is 0 Å². The van der Waals surface area contributed by atoms with E-state index in [0.717, 1.165) is 5.56 Å². The molecule has 0 heterocycles. The molecular formula is C16H15ClO4. The average Bonchev–Trinajstić information content (AvgIpc) is 2.48. The highest BCUT2D eigenvalue weighted by Gasteiger charge is 2.21. The second-order valence-electron chi connectivity index (χ2n) is 4.66. The minimum Gasteiger partial charge on any atom is -0.506 e. The molecule has 0 bridgehead atoms. The van der Waals surface area contributed by atoms with Crippen LogP contribution in [0.15, 0.2) is 42.5 Å². The number of carbonyl (C=O) groups is 1. The lowest BCUT2D eigenvalue weighted by atomic mass is 9.92. The number of carboxylic acids is 1. The van der Waals surface area contributed by atoms with E-state index in [1.165, 1.54) is 13.2 Å². The summed E-state index contributed by atoms with van der Waals surface area (Å²) in [5.41, 5.74) is 1.40. The molecule has 21 heavy (non-hydrogen) atoms. The number of benzene rings is 2. The van der Waals surface area contributed by atoms with E-state index in [0.29, 0.717) is 11.3 Å². The van der Waals surface area contributed by atoms with Gasteiger partial charge < -0.3 is 14.9 Å². The number of aliphatic carboxylic acids is 1. The SMILES string of the molecule is COc1cccc(C(Cc2ccc(O)c(Cl)c2)C(=O)O)c1. The zero-order valence-corrected chi connectivity index (χ0v) is 12.2. The molecule has 5 heteroatoms. The van der Waals surface area contributed by atoms with E-state index in [2.05, 4.69) is 0 Å². The molecule has 0 aliphatic heterocycles. The molecule has 0 fully saturated rings. The maximum absolute atomic E-state index is 11.5. The van der Waals surface area contributed by atoms with Crippen LogP contribution in [0.4, 0.5) is 0 Å². The van der Waals surface area contributed by atoms with Crippen molar-refractivity contribution in [1.29, 1.82) is 0 Å². The Balaban J connectivity index is 2.30. The fourth-order valence-corrected chi connectivity index (χ4v) is 2.32. The van der Waals surface area contributed by atoms with E-state index in [4.69, 9.17) is 16.3 Å². The van der Waals surface area contributed by atoms with Crippen LogP contribution in [-0.2, 0) is 11.2 Å². The van der Waals surface area contributed by atoms with E-state index in [1.54, 1.807) is 36.4 Å². The molecule has 0 aliphatic rings. The molecule has 0 radical (unpaired) electrons. The van der Waals surface area contributed by atoms with Gasteiger partial charge in [0.05, 0.1) is 18.1 Å². The maximum atomic E-state index is 11.5. The van der Waals surface area contributed by atoms with Crippen molar-refractivity contribution < 1.29 is 19.7 Å². The van der Waals surface area contributed by atoms with Crippen molar-refractivity contribution >= 4 is 17.6 Å². The Morgan fingerprint density at radius 3 is 2.67 bits per heavy atom. The second kappa shape index (κ2) is 6.50. The van der Waals surface area contributed by atoms with E-state index in [1.807, 2.05) is 0 Å². The van der Waals surface area contributed by atoms with Crippen molar-refractivity contribution in [2.45, 2.75) is 12.3 Å². The van der Waals surface area contributed by atoms with E-state index in [9.17, 15) is 15.0 Å². The number of aromatic hydroxyl groups is 1. The number of phenolic OH excluding ortho intramolecular Hbond substituents is 1. The Labute approximate surface area is 127 Å². The molecule has 0 spiro atoms. The van der Waals surface area contributed by atoms with E-state index < -0.39 is 11.9 Å². The Kier molecular flexibility index (Phi) is 4.70. The molecular weight excluding hydrogens is 292 g/mol.